The molecule has 11 heteroatoms. The number of H-pyrrole nitrogens is 1. The summed E-state index contributed by atoms with van der Waals surface area (Å²) in [5.74, 6) is 0.709. The van der Waals surface area contributed by atoms with Gasteiger partial charge >= 0.3 is 6.03 Å². The van der Waals surface area contributed by atoms with Crippen LogP contribution in [0, 0.1) is 22.2 Å². The summed E-state index contributed by atoms with van der Waals surface area (Å²) in [5.41, 5.74) is 2.09. The monoisotopic (exact) mass is 479 g/mol. The molecule has 178 valence electrons. The first kappa shape index (κ1) is 22.6. The number of fused-ring (bicyclic) bond motifs is 2. The van der Waals surface area contributed by atoms with Crippen molar-refractivity contribution in [3.05, 3.63) is 29.8 Å². The van der Waals surface area contributed by atoms with E-state index < -0.39 is 0 Å². The van der Waals surface area contributed by atoms with E-state index in [1.165, 1.54) is 11.5 Å². The molecule has 0 radical (unpaired) electrons. The number of hydrogen-bond acceptors (Lipinski definition) is 8. The van der Waals surface area contributed by atoms with Crippen molar-refractivity contribution in [3.63, 3.8) is 0 Å². The van der Waals surface area contributed by atoms with Crippen LogP contribution in [-0.2, 0) is 6.54 Å². The lowest BCUT2D eigenvalue weighted by Gasteiger charge is -2.31. The lowest BCUT2D eigenvalue weighted by Crippen LogP contribution is -2.36. The normalized spacial score (nSPS) is 26.1. The molecule has 3 aromatic rings. The zero-order valence-electron chi connectivity index (χ0n) is 19.8. The van der Waals surface area contributed by atoms with Gasteiger partial charge in [-0.1, -0.05) is 13.8 Å². The van der Waals surface area contributed by atoms with Crippen molar-refractivity contribution >= 4 is 39.4 Å². The predicted molar refractivity (Wildman–Crippen MR) is 132 cm³/mol. The van der Waals surface area contributed by atoms with Gasteiger partial charge < -0.3 is 20.1 Å². The Morgan fingerprint density at radius 1 is 1.35 bits per heavy atom. The van der Waals surface area contributed by atoms with Crippen molar-refractivity contribution < 1.29 is 4.79 Å². The van der Waals surface area contributed by atoms with Crippen molar-refractivity contribution in [1.29, 1.82) is 5.26 Å². The quantitative estimate of drug-likeness (QED) is 0.511. The summed E-state index contributed by atoms with van der Waals surface area (Å²) in [6, 6.07) is 4.31. The highest BCUT2D eigenvalue weighted by Crippen LogP contribution is 2.58. The van der Waals surface area contributed by atoms with E-state index in [2.05, 4.69) is 49.9 Å². The van der Waals surface area contributed by atoms with Crippen LogP contribution in [0.3, 0.4) is 0 Å². The SMILES string of the molecule is CN(C)Cc1nsc(NC(=O)N2C[C@]3(C)CC(Nc4c(C#N)cnc5[nH]ccc45)C[C@]3(C)C2)n1. The van der Waals surface area contributed by atoms with Gasteiger partial charge in [0.2, 0.25) is 5.13 Å². The van der Waals surface area contributed by atoms with E-state index in [0.717, 1.165) is 29.6 Å². The van der Waals surface area contributed by atoms with Crippen LogP contribution in [-0.4, -0.2) is 68.4 Å². The molecule has 3 aromatic heterocycles. The molecule has 4 heterocycles. The number of amides is 2. The van der Waals surface area contributed by atoms with E-state index in [0.29, 0.717) is 36.2 Å². The molecule has 3 atom stereocenters. The molecule has 2 fully saturated rings. The first-order chi connectivity index (χ1) is 16.2. The maximum atomic E-state index is 13.0. The van der Waals surface area contributed by atoms with E-state index in [1.54, 1.807) is 6.20 Å². The highest BCUT2D eigenvalue weighted by molar-refractivity contribution is 7.09. The maximum absolute atomic E-state index is 13.0. The Hall–Kier alpha value is -3.23. The zero-order valence-corrected chi connectivity index (χ0v) is 20.7. The molecule has 1 unspecified atom stereocenters. The van der Waals surface area contributed by atoms with Gasteiger partial charge in [-0.25, -0.2) is 14.8 Å². The van der Waals surface area contributed by atoms with Gasteiger partial charge in [0.15, 0.2) is 5.82 Å². The first-order valence-corrected chi connectivity index (χ1v) is 12.1. The lowest BCUT2D eigenvalue weighted by atomic mass is 9.71. The van der Waals surface area contributed by atoms with Crippen LogP contribution in [0.4, 0.5) is 15.6 Å². The third-order valence-corrected chi connectivity index (χ3v) is 8.08. The molecule has 2 aliphatic rings. The highest BCUT2D eigenvalue weighted by atomic mass is 32.1. The number of anilines is 2. The number of nitriles is 1. The fraction of sp³-hybridized carbons (Fsp3) is 0.522. The molecule has 5 rings (SSSR count). The molecule has 2 amide bonds. The molecule has 1 saturated carbocycles. The Bertz CT molecular complexity index is 1260. The number of carbonyl (C=O) groups is 1. The van der Waals surface area contributed by atoms with Gasteiger partial charge in [-0.3, -0.25) is 5.32 Å². The summed E-state index contributed by atoms with van der Waals surface area (Å²) < 4.78 is 4.32. The van der Waals surface area contributed by atoms with Gasteiger partial charge in [0.25, 0.3) is 0 Å². The van der Waals surface area contributed by atoms with Crippen LogP contribution in [0.5, 0.6) is 0 Å². The Kier molecular flexibility index (Phi) is 5.45. The minimum Gasteiger partial charge on any atom is -0.381 e. The summed E-state index contributed by atoms with van der Waals surface area (Å²) >= 11 is 1.21. The largest absolute Gasteiger partial charge is 0.381 e. The minimum atomic E-state index is -0.121. The van der Waals surface area contributed by atoms with Crippen LogP contribution >= 0.6 is 11.5 Å². The maximum Gasteiger partial charge on any atom is 0.323 e. The third-order valence-electron chi connectivity index (χ3n) is 7.41. The summed E-state index contributed by atoms with van der Waals surface area (Å²) in [5, 5.41) is 17.7. The molecule has 1 saturated heterocycles. The van der Waals surface area contributed by atoms with Gasteiger partial charge in [-0.05, 0) is 43.8 Å². The van der Waals surface area contributed by atoms with E-state index in [1.807, 2.05) is 36.2 Å². The van der Waals surface area contributed by atoms with Gasteiger partial charge in [0.1, 0.15) is 11.7 Å². The van der Waals surface area contributed by atoms with Crippen molar-refractivity contribution in [2.75, 3.05) is 37.8 Å². The molecular formula is C23H29N9OS. The number of likely N-dealkylation sites (tertiary alicyclic amines) is 1. The average Bonchev–Trinajstić information content (AvgIpc) is 3.50. The molecule has 34 heavy (non-hydrogen) atoms. The number of nitrogens with zero attached hydrogens (tertiary/aromatic N) is 6. The minimum absolute atomic E-state index is 0.0314. The van der Waals surface area contributed by atoms with Crippen LogP contribution in [0.25, 0.3) is 11.0 Å². The van der Waals surface area contributed by atoms with Crippen molar-refractivity contribution in [2.45, 2.75) is 39.3 Å². The van der Waals surface area contributed by atoms with Crippen molar-refractivity contribution in [2.24, 2.45) is 10.8 Å². The predicted octanol–water partition coefficient (Wildman–Crippen LogP) is 3.48. The standard InChI is InChI=1S/C23H29N9OS/c1-22-7-15(27-18-14(9-24)10-26-19-16(18)5-6-25-19)8-23(22,2)13-32(12-22)21(33)29-20-28-17(30-34-20)11-31(3)4/h5-6,10,15H,7-8,11-13H2,1-4H3,(H2,25,26,27)(H,28,29,30,33)/t15?,22-,23+. The Morgan fingerprint density at radius 2 is 2.09 bits per heavy atom. The van der Waals surface area contributed by atoms with E-state index in [-0.39, 0.29) is 22.9 Å². The Balaban J connectivity index is 1.27. The number of hydrogen-bond donors (Lipinski definition) is 3. The van der Waals surface area contributed by atoms with Crippen molar-refractivity contribution in [1.82, 2.24) is 29.1 Å². The molecule has 0 spiro atoms. The molecule has 1 aliphatic carbocycles. The molecule has 10 nitrogen and oxygen atoms in total. The molecule has 0 bridgehead atoms. The number of rotatable bonds is 5. The lowest BCUT2D eigenvalue weighted by molar-refractivity contribution is 0.184. The fourth-order valence-electron chi connectivity index (χ4n) is 5.58. The van der Waals surface area contributed by atoms with E-state index >= 15 is 0 Å². The van der Waals surface area contributed by atoms with Gasteiger partial charge in [0, 0.05) is 48.4 Å². The van der Waals surface area contributed by atoms with Crippen molar-refractivity contribution in [3.8, 4) is 6.07 Å². The number of urea groups is 1. The van der Waals surface area contributed by atoms with Crippen LogP contribution in [0.1, 0.15) is 38.1 Å². The second kappa shape index (κ2) is 8.21. The topological polar surface area (TPSA) is 126 Å². The number of pyridine rings is 1. The van der Waals surface area contributed by atoms with Crippen LogP contribution in [0.2, 0.25) is 0 Å². The highest BCUT2D eigenvalue weighted by Gasteiger charge is 2.58. The molecule has 0 aromatic carbocycles. The summed E-state index contributed by atoms with van der Waals surface area (Å²) in [6.07, 6.45) is 5.29. The van der Waals surface area contributed by atoms with Crippen LogP contribution < -0.4 is 10.6 Å². The third kappa shape index (κ3) is 3.86. The molecule has 3 N–H and O–H groups in total. The van der Waals surface area contributed by atoms with E-state index in [9.17, 15) is 10.1 Å². The van der Waals surface area contributed by atoms with Gasteiger partial charge in [-0.15, -0.1) is 0 Å². The molecule has 1 aliphatic heterocycles. The number of aromatic nitrogens is 4. The number of aromatic amines is 1. The van der Waals surface area contributed by atoms with Gasteiger partial charge in [0.05, 0.1) is 17.8 Å². The summed E-state index contributed by atoms with van der Waals surface area (Å²) in [6.45, 7) is 6.54. The fourth-order valence-corrected chi connectivity index (χ4v) is 6.15. The summed E-state index contributed by atoms with van der Waals surface area (Å²) in [7, 11) is 3.92. The average molecular weight is 480 g/mol. The van der Waals surface area contributed by atoms with E-state index in [4.69, 9.17) is 0 Å². The Labute approximate surface area is 202 Å². The second-order valence-electron chi connectivity index (χ2n) is 10.3. The zero-order chi connectivity index (χ0) is 24.1. The summed E-state index contributed by atoms with van der Waals surface area (Å²) in [4.78, 5) is 28.8. The first-order valence-electron chi connectivity index (χ1n) is 11.4. The second-order valence-corrected chi connectivity index (χ2v) is 11.1. The van der Waals surface area contributed by atoms with Gasteiger partial charge in [-0.2, -0.15) is 9.64 Å². The Morgan fingerprint density at radius 3 is 2.76 bits per heavy atom. The smallest absolute Gasteiger partial charge is 0.323 e. The molecular weight excluding hydrogens is 450 g/mol. The van der Waals surface area contributed by atoms with Crippen LogP contribution in [0.15, 0.2) is 18.5 Å². The number of carbonyl (C=O) groups excluding carboxylic acids is 1. The number of nitrogens with one attached hydrogen (secondary N) is 3.